The van der Waals surface area contributed by atoms with Crippen molar-refractivity contribution in [1.82, 2.24) is 14.9 Å². The fourth-order valence-electron chi connectivity index (χ4n) is 1.80. The zero-order valence-electron chi connectivity index (χ0n) is 11.3. The molecule has 20 heavy (non-hydrogen) atoms. The van der Waals surface area contributed by atoms with Crippen LogP contribution in [0.25, 0.3) is 0 Å². The number of H-pyrrole nitrogens is 1. The van der Waals surface area contributed by atoms with Crippen molar-refractivity contribution in [1.29, 1.82) is 0 Å². The Labute approximate surface area is 118 Å². The first kappa shape index (κ1) is 14.5. The molecule has 6 nitrogen and oxygen atoms in total. The van der Waals surface area contributed by atoms with Crippen molar-refractivity contribution >= 4 is 15.7 Å². The van der Waals surface area contributed by atoms with Crippen LogP contribution in [0.5, 0.6) is 0 Å². The highest BCUT2D eigenvalue weighted by Crippen LogP contribution is 2.10. The number of aromatic amines is 1. The van der Waals surface area contributed by atoms with Crippen molar-refractivity contribution in [3.63, 3.8) is 0 Å². The normalized spacial score (nSPS) is 11.4. The first-order valence-corrected chi connectivity index (χ1v) is 7.83. The van der Waals surface area contributed by atoms with Crippen LogP contribution in [0.4, 0.5) is 5.69 Å². The Hall–Kier alpha value is -1.86. The van der Waals surface area contributed by atoms with Crippen LogP contribution < -0.4 is 9.62 Å². The van der Waals surface area contributed by atoms with Gasteiger partial charge in [-0.15, -0.1) is 0 Å². The molecule has 7 heteroatoms. The van der Waals surface area contributed by atoms with Crippen LogP contribution in [0.15, 0.2) is 47.6 Å². The number of aromatic nitrogens is 2. The van der Waals surface area contributed by atoms with E-state index >= 15 is 0 Å². The zero-order valence-corrected chi connectivity index (χ0v) is 12.1. The van der Waals surface area contributed by atoms with Crippen molar-refractivity contribution in [2.45, 2.75) is 11.4 Å². The first-order chi connectivity index (χ1) is 9.59. The van der Waals surface area contributed by atoms with Gasteiger partial charge in [0.25, 0.3) is 10.0 Å². The Morgan fingerprint density at radius 3 is 2.65 bits per heavy atom. The second-order valence-electron chi connectivity index (χ2n) is 4.43. The third-order valence-corrected chi connectivity index (χ3v) is 4.31. The predicted octanol–water partition coefficient (Wildman–Crippen LogP) is 1.21. The highest BCUT2D eigenvalue weighted by Gasteiger charge is 2.14. The van der Waals surface area contributed by atoms with Crippen molar-refractivity contribution in [3.8, 4) is 0 Å². The number of anilines is 1. The number of hydrogen-bond acceptors (Lipinski definition) is 4. The summed E-state index contributed by atoms with van der Waals surface area (Å²) >= 11 is 0. The second kappa shape index (κ2) is 6.53. The summed E-state index contributed by atoms with van der Waals surface area (Å²) in [7, 11) is -1.48. The monoisotopic (exact) mass is 294 g/mol. The standard InChI is InChI=1S/C13H18N4O2S/c1-17(12-6-3-2-4-7-12)11-5-9-15-20(18,19)13-8-10-14-16-13/h2-4,6-8,10,15H,5,9,11H2,1H3,(H,14,16). The minimum Gasteiger partial charge on any atom is -0.375 e. The fourth-order valence-corrected chi connectivity index (χ4v) is 2.79. The molecule has 1 aromatic carbocycles. The predicted molar refractivity (Wildman–Crippen MR) is 78.1 cm³/mol. The van der Waals surface area contributed by atoms with Gasteiger partial charge in [0.2, 0.25) is 0 Å². The molecule has 0 aliphatic carbocycles. The fraction of sp³-hybridized carbons (Fsp3) is 0.308. The molecule has 2 rings (SSSR count). The molecule has 108 valence electrons. The number of benzene rings is 1. The van der Waals surface area contributed by atoms with E-state index in [1.54, 1.807) is 0 Å². The molecule has 2 N–H and O–H groups in total. The topological polar surface area (TPSA) is 78.1 Å². The van der Waals surface area contributed by atoms with Crippen molar-refractivity contribution in [2.75, 3.05) is 25.0 Å². The van der Waals surface area contributed by atoms with Crippen molar-refractivity contribution in [2.24, 2.45) is 0 Å². The highest BCUT2D eigenvalue weighted by atomic mass is 32.2. The lowest BCUT2D eigenvalue weighted by Crippen LogP contribution is -2.28. The van der Waals surface area contributed by atoms with Crippen LogP contribution in [0.1, 0.15) is 6.42 Å². The van der Waals surface area contributed by atoms with E-state index < -0.39 is 10.0 Å². The third-order valence-electron chi connectivity index (χ3n) is 2.92. The lowest BCUT2D eigenvalue weighted by molar-refractivity contribution is 0.574. The molecule has 0 amide bonds. The SMILES string of the molecule is CN(CCCNS(=O)(=O)c1ccn[nH]1)c1ccccc1. The molecule has 0 radical (unpaired) electrons. The summed E-state index contributed by atoms with van der Waals surface area (Å²) in [6.07, 6.45) is 2.14. The molecule has 1 aromatic heterocycles. The second-order valence-corrected chi connectivity index (χ2v) is 6.16. The number of para-hydroxylation sites is 1. The maximum Gasteiger partial charge on any atom is 0.257 e. The molecule has 0 atom stereocenters. The summed E-state index contributed by atoms with van der Waals surface area (Å²) in [5.74, 6) is 0. The van der Waals surface area contributed by atoms with Gasteiger partial charge >= 0.3 is 0 Å². The third kappa shape index (κ3) is 3.82. The number of rotatable bonds is 7. The lowest BCUT2D eigenvalue weighted by Gasteiger charge is -2.19. The summed E-state index contributed by atoms with van der Waals surface area (Å²) in [5.41, 5.74) is 1.11. The Kier molecular flexibility index (Phi) is 4.75. The molecule has 0 fully saturated rings. The molecule has 0 spiro atoms. The van der Waals surface area contributed by atoms with Gasteiger partial charge in [-0.2, -0.15) is 5.10 Å². The minimum atomic E-state index is -3.47. The molecule has 0 aliphatic heterocycles. The van der Waals surface area contributed by atoms with Crippen LogP contribution in [-0.2, 0) is 10.0 Å². The molecular weight excluding hydrogens is 276 g/mol. The van der Waals surface area contributed by atoms with Crippen molar-refractivity contribution < 1.29 is 8.42 Å². The van der Waals surface area contributed by atoms with Crippen LogP contribution >= 0.6 is 0 Å². The Morgan fingerprint density at radius 2 is 2.00 bits per heavy atom. The Bertz CT molecular complexity index is 611. The van der Waals surface area contributed by atoms with Gasteiger partial charge < -0.3 is 4.90 Å². The van der Waals surface area contributed by atoms with Gasteiger partial charge in [0.05, 0.1) is 6.20 Å². The molecule has 0 aliphatic rings. The summed E-state index contributed by atoms with van der Waals surface area (Å²) in [6.45, 7) is 1.16. The van der Waals surface area contributed by atoms with E-state index in [0.717, 1.165) is 18.7 Å². The van der Waals surface area contributed by atoms with E-state index in [9.17, 15) is 8.42 Å². The number of nitrogens with one attached hydrogen (secondary N) is 2. The summed E-state index contributed by atoms with van der Waals surface area (Å²) in [5, 5.41) is 6.17. The van der Waals surface area contributed by atoms with Crippen LogP contribution in [0.3, 0.4) is 0 Å². The van der Waals surface area contributed by atoms with E-state index in [1.165, 1.54) is 12.3 Å². The Morgan fingerprint density at radius 1 is 1.25 bits per heavy atom. The van der Waals surface area contributed by atoms with Gasteiger partial charge in [-0.1, -0.05) is 18.2 Å². The molecule has 0 bridgehead atoms. The van der Waals surface area contributed by atoms with E-state index in [2.05, 4.69) is 19.8 Å². The van der Waals surface area contributed by atoms with Crippen LogP contribution in [0, 0.1) is 0 Å². The van der Waals surface area contributed by atoms with E-state index in [1.807, 2.05) is 37.4 Å². The average Bonchev–Trinajstić information content (AvgIpc) is 2.99. The smallest absolute Gasteiger partial charge is 0.257 e. The highest BCUT2D eigenvalue weighted by molar-refractivity contribution is 7.89. The van der Waals surface area contributed by atoms with Gasteiger partial charge in [0.1, 0.15) is 0 Å². The van der Waals surface area contributed by atoms with Gasteiger partial charge in [0, 0.05) is 25.8 Å². The average molecular weight is 294 g/mol. The molecule has 0 saturated carbocycles. The summed E-state index contributed by atoms with van der Waals surface area (Å²) in [4.78, 5) is 2.09. The number of sulfonamides is 1. The largest absolute Gasteiger partial charge is 0.375 e. The van der Waals surface area contributed by atoms with Gasteiger partial charge in [-0.25, -0.2) is 13.1 Å². The molecule has 0 unspecified atom stereocenters. The maximum atomic E-state index is 11.8. The van der Waals surface area contributed by atoms with E-state index in [4.69, 9.17) is 0 Å². The summed E-state index contributed by atoms with van der Waals surface area (Å²) in [6, 6.07) is 11.4. The summed E-state index contributed by atoms with van der Waals surface area (Å²) < 4.78 is 26.2. The Balaban J connectivity index is 1.77. The van der Waals surface area contributed by atoms with Gasteiger partial charge in [-0.05, 0) is 24.6 Å². The van der Waals surface area contributed by atoms with E-state index in [0.29, 0.717) is 6.54 Å². The quantitative estimate of drug-likeness (QED) is 0.753. The van der Waals surface area contributed by atoms with E-state index in [-0.39, 0.29) is 5.03 Å². The van der Waals surface area contributed by atoms with Gasteiger partial charge in [0.15, 0.2) is 5.03 Å². The zero-order chi connectivity index (χ0) is 14.4. The molecule has 0 saturated heterocycles. The number of hydrogen-bond donors (Lipinski definition) is 2. The first-order valence-electron chi connectivity index (χ1n) is 6.35. The molecule has 2 aromatic rings. The van der Waals surface area contributed by atoms with Crippen molar-refractivity contribution in [3.05, 3.63) is 42.6 Å². The maximum absolute atomic E-state index is 11.8. The minimum absolute atomic E-state index is 0.0916. The van der Waals surface area contributed by atoms with Crippen LogP contribution in [-0.4, -0.2) is 38.8 Å². The number of nitrogens with zero attached hydrogens (tertiary/aromatic N) is 2. The molecule has 1 heterocycles. The lowest BCUT2D eigenvalue weighted by atomic mass is 10.3. The van der Waals surface area contributed by atoms with Gasteiger partial charge in [-0.3, -0.25) is 5.10 Å². The molecular formula is C13H18N4O2S. The van der Waals surface area contributed by atoms with Crippen LogP contribution in [0.2, 0.25) is 0 Å².